The van der Waals surface area contributed by atoms with E-state index in [4.69, 9.17) is 11.6 Å². The third-order valence-electron chi connectivity index (χ3n) is 8.51. The van der Waals surface area contributed by atoms with Crippen molar-refractivity contribution in [1.82, 2.24) is 24.7 Å². The quantitative estimate of drug-likeness (QED) is 0.334. The van der Waals surface area contributed by atoms with Crippen molar-refractivity contribution >= 4 is 55.9 Å². The van der Waals surface area contributed by atoms with Crippen LogP contribution >= 0.6 is 22.9 Å². The average Bonchev–Trinajstić information content (AvgIpc) is 3.61. The Hall–Kier alpha value is -3.29. The van der Waals surface area contributed by atoms with Crippen LogP contribution in [0.4, 0.5) is 0 Å². The van der Waals surface area contributed by atoms with Crippen LogP contribution in [0.25, 0.3) is 32.2 Å². The molecule has 4 aromatic rings. The third kappa shape index (κ3) is 4.59. The zero-order valence-corrected chi connectivity index (χ0v) is 23.6. The number of carbonyl (C=O) groups is 2. The van der Waals surface area contributed by atoms with Gasteiger partial charge in [0.15, 0.2) is 0 Å². The molecule has 0 spiro atoms. The Balaban J connectivity index is 1.25. The lowest BCUT2D eigenvalue weighted by atomic mass is 9.80. The Morgan fingerprint density at radius 2 is 1.88 bits per heavy atom. The molecule has 3 fully saturated rings. The first kappa shape index (κ1) is 25.7. The number of pyridine rings is 1. The molecule has 2 aliphatic heterocycles. The molecule has 0 bridgehead atoms. The Morgan fingerprint density at radius 1 is 1.10 bits per heavy atom. The van der Waals surface area contributed by atoms with Crippen LogP contribution in [0.2, 0.25) is 5.02 Å². The molecule has 3 aliphatic rings. The number of piperazine rings is 1. The highest BCUT2D eigenvalue weighted by atomic mass is 35.5. The molecule has 2 amide bonds. The number of amides is 2. The lowest BCUT2D eigenvalue weighted by molar-refractivity contribution is -0.152. The average molecular weight is 573 g/mol. The van der Waals surface area contributed by atoms with Gasteiger partial charge in [0.2, 0.25) is 11.8 Å². The maximum atomic E-state index is 12.9. The monoisotopic (exact) mass is 572 g/mol. The molecule has 0 atom stereocenters. The standard InChI is InChI=1S/C30H29ClN6O2S/c31-20-11-19-4-10-35(18-30(17-32)5-8-33-9-6-30)28(19)24(12-20)23-3-7-34-25-13-22(40-29(23)25)14-37-26(38)15-36(16-27(37)39)21-1-2-21/h3-4,7,10-13,21,33H,1-2,5-6,8-9,14-16,18H2. The third-order valence-corrected chi connectivity index (χ3v) is 9.87. The van der Waals surface area contributed by atoms with Gasteiger partial charge in [-0.3, -0.25) is 24.4 Å². The highest BCUT2D eigenvalue weighted by molar-refractivity contribution is 7.19. The summed E-state index contributed by atoms with van der Waals surface area (Å²) in [4.78, 5) is 34.7. The van der Waals surface area contributed by atoms with Crippen molar-refractivity contribution in [2.75, 3.05) is 26.2 Å². The van der Waals surface area contributed by atoms with Gasteiger partial charge in [0, 0.05) is 51.4 Å². The summed E-state index contributed by atoms with van der Waals surface area (Å²) in [6, 6.07) is 13.0. The molecule has 5 heterocycles. The smallest absolute Gasteiger partial charge is 0.243 e. The number of halogens is 1. The van der Waals surface area contributed by atoms with Gasteiger partial charge in [-0.1, -0.05) is 11.6 Å². The molecule has 204 valence electrons. The highest BCUT2D eigenvalue weighted by Crippen LogP contribution is 2.41. The molecule has 1 saturated carbocycles. The number of fused-ring (bicyclic) bond motifs is 2. The summed E-state index contributed by atoms with van der Waals surface area (Å²) in [7, 11) is 0. The molecular formula is C30H29ClN6O2S. The molecule has 0 radical (unpaired) electrons. The summed E-state index contributed by atoms with van der Waals surface area (Å²) in [5, 5.41) is 15.2. The van der Waals surface area contributed by atoms with Gasteiger partial charge in [0.1, 0.15) is 0 Å². The Kier molecular flexibility index (Phi) is 6.39. The van der Waals surface area contributed by atoms with E-state index in [0.29, 0.717) is 30.7 Å². The van der Waals surface area contributed by atoms with E-state index in [1.807, 2.05) is 29.2 Å². The fourth-order valence-corrected chi connectivity index (χ4v) is 7.56. The second-order valence-corrected chi connectivity index (χ2v) is 12.8. The van der Waals surface area contributed by atoms with Crippen LogP contribution < -0.4 is 5.32 Å². The van der Waals surface area contributed by atoms with E-state index in [2.05, 4.69) is 33.2 Å². The van der Waals surface area contributed by atoms with Gasteiger partial charge in [-0.15, -0.1) is 11.3 Å². The van der Waals surface area contributed by atoms with Crippen LogP contribution in [0, 0.1) is 16.7 Å². The van der Waals surface area contributed by atoms with Gasteiger partial charge >= 0.3 is 0 Å². The summed E-state index contributed by atoms with van der Waals surface area (Å²) in [5.74, 6) is -0.264. The molecule has 1 aliphatic carbocycles. The predicted octanol–water partition coefficient (Wildman–Crippen LogP) is 4.80. The molecule has 2 saturated heterocycles. The van der Waals surface area contributed by atoms with Crippen molar-refractivity contribution in [3.05, 3.63) is 52.6 Å². The summed E-state index contributed by atoms with van der Waals surface area (Å²) >= 11 is 8.18. The number of nitrogens with zero attached hydrogens (tertiary/aromatic N) is 5. The molecule has 8 nitrogen and oxygen atoms in total. The zero-order chi connectivity index (χ0) is 27.4. The minimum Gasteiger partial charge on any atom is -0.345 e. The van der Waals surface area contributed by atoms with E-state index in [1.54, 1.807) is 17.5 Å². The number of aromatic nitrogens is 2. The lowest BCUT2D eigenvalue weighted by Crippen LogP contribution is -2.53. The Morgan fingerprint density at radius 3 is 2.60 bits per heavy atom. The molecular weight excluding hydrogens is 544 g/mol. The Bertz CT molecular complexity index is 1680. The van der Waals surface area contributed by atoms with Crippen LogP contribution in [0.5, 0.6) is 0 Å². The van der Waals surface area contributed by atoms with E-state index in [0.717, 1.165) is 75.9 Å². The van der Waals surface area contributed by atoms with Gasteiger partial charge in [0.05, 0.1) is 46.9 Å². The number of piperidine rings is 1. The number of thiophene rings is 1. The molecule has 10 heteroatoms. The van der Waals surface area contributed by atoms with Gasteiger partial charge in [0.25, 0.3) is 0 Å². The predicted molar refractivity (Wildman–Crippen MR) is 156 cm³/mol. The number of nitriles is 1. The summed E-state index contributed by atoms with van der Waals surface area (Å²) in [6.45, 7) is 3.18. The fraction of sp³-hybridized carbons (Fsp3) is 0.400. The van der Waals surface area contributed by atoms with E-state index >= 15 is 0 Å². The van der Waals surface area contributed by atoms with Crippen molar-refractivity contribution in [3.63, 3.8) is 0 Å². The van der Waals surface area contributed by atoms with Crippen LogP contribution in [-0.4, -0.2) is 63.4 Å². The molecule has 7 rings (SSSR count). The van der Waals surface area contributed by atoms with Gasteiger partial charge in [-0.2, -0.15) is 5.26 Å². The zero-order valence-electron chi connectivity index (χ0n) is 22.0. The van der Waals surface area contributed by atoms with E-state index in [9.17, 15) is 14.9 Å². The van der Waals surface area contributed by atoms with Crippen molar-refractivity contribution in [3.8, 4) is 17.2 Å². The number of rotatable bonds is 6. The number of hydrogen-bond acceptors (Lipinski definition) is 7. The SMILES string of the molecule is N#CC1(Cn2ccc3cc(Cl)cc(-c4ccnc5cc(CN6C(=O)CN(C7CC7)CC6=O)sc45)c32)CCNCC1. The maximum absolute atomic E-state index is 12.9. The van der Waals surface area contributed by atoms with Crippen LogP contribution in [0.15, 0.2) is 42.7 Å². The number of hydrogen-bond donors (Lipinski definition) is 1. The Labute approximate surface area is 241 Å². The lowest BCUT2D eigenvalue weighted by Gasteiger charge is -2.32. The van der Waals surface area contributed by atoms with E-state index in [1.165, 1.54) is 4.90 Å². The number of benzene rings is 1. The minimum atomic E-state index is -0.416. The van der Waals surface area contributed by atoms with Crippen LogP contribution in [0.1, 0.15) is 30.6 Å². The molecule has 1 aromatic carbocycles. The first-order valence-electron chi connectivity index (χ1n) is 13.8. The number of imide groups is 1. The normalized spacial score (nSPS) is 19.9. The second-order valence-electron chi connectivity index (χ2n) is 11.3. The first-order valence-corrected chi connectivity index (χ1v) is 15.0. The van der Waals surface area contributed by atoms with Crippen molar-refractivity contribution in [2.45, 2.75) is 44.8 Å². The second kappa shape index (κ2) is 9.96. The minimum absolute atomic E-state index is 0.132. The van der Waals surface area contributed by atoms with Crippen molar-refractivity contribution in [1.29, 1.82) is 5.26 Å². The van der Waals surface area contributed by atoms with E-state index < -0.39 is 5.41 Å². The number of carbonyl (C=O) groups excluding carboxylic acids is 2. The first-order chi connectivity index (χ1) is 19.4. The maximum Gasteiger partial charge on any atom is 0.243 e. The van der Waals surface area contributed by atoms with Gasteiger partial charge in [-0.05, 0) is 69.1 Å². The highest BCUT2D eigenvalue weighted by Gasteiger charge is 2.39. The molecule has 0 unspecified atom stereocenters. The number of nitrogens with one attached hydrogen (secondary N) is 1. The van der Waals surface area contributed by atoms with Crippen molar-refractivity contribution in [2.24, 2.45) is 5.41 Å². The van der Waals surface area contributed by atoms with Crippen molar-refractivity contribution < 1.29 is 9.59 Å². The summed E-state index contributed by atoms with van der Waals surface area (Å²) in [5.41, 5.74) is 3.44. The van der Waals surface area contributed by atoms with Gasteiger partial charge < -0.3 is 9.88 Å². The van der Waals surface area contributed by atoms with E-state index in [-0.39, 0.29) is 18.4 Å². The topological polar surface area (TPSA) is 94.3 Å². The van der Waals surface area contributed by atoms with Crippen LogP contribution in [0.3, 0.4) is 0 Å². The molecule has 40 heavy (non-hydrogen) atoms. The summed E-state index contributed by atoms with van der Waals surface area (Å²) in [6.07, 6.45) is 7.61. The fourth-order valence-electron chi connectivity index (χ4n) is 6.21. The molecule has 3 aromatic heterocycles. The van der Waals surface area contributed by atoms with Gasteiger partial charge in [-0.25, -0.2) is 0 Å². The van der Waals surface area contributed by atoms with Crippen LogP contribution in [-0.2, 0) is 22.7 Å². The summed E-state index contributed by atoms with van der Waals surface area (Å²) < 4.78 is 3.19. The molecule has 1 N–H and O–H groups in total. The largest absolute Gasteiger partial charge is 0.345 e.